The van der Waals surface area contributed by atoms with E-state index in [1.165, 1.54) is 19.1 Å². The van der Waals surface area contributed by atoms with E-state index in [1.54, 1.807) is 17.0 Å². The summed E-state index contributed by atoms with van der Waals surface area (Å²) in [6.07, 6.45) is 0.360. The molecule has 0 aliphatic carbocycles. The predicted octanol–water partition coefficient (Wildman–Crippen LogP) is 1.78. The summed E-state index contributed by atoms with van der Waals surface area (Å²) in [7, 11) is 2.75. The highest BCUT2D eigenvalue weighted by Crippen LogP contribution is 2.39. The van der Waals surface area contributed by atoms with Crippen LogP contribution in [0.2, 0.25) is 0 Å². The molecule has 0 radical (unpaired) electrons. The van der Waals surface area contributed by atoms with Gasteiger partial charge in [0, 0.05) is 19.0 Å². The molecule has 1 saturated heterocycles. The Morgan fingerprint density at radius 3 is 2.57 bits per heavy atom. The monoisotopic (exact) mass is 380 g/mol. The van der Waals surface area contributed by atoms with Crippen LogP contribution in [0.15, 0.2) is 42.5 Å². The summed E-state index contributed by atoms with van der Waals surface area (Å²) < 4.78 is 10.1. The zero-order valence-corrected chi connectivity index (χ0v) is 15.7. The average molecular weight is 380 g/mol. The van der Waals surface area contributed by atoms with Gasteiger partial charge in [-0.1, -0.05) is 30.3 Å². The fourth-order valence-corrected chi connectivity index (χ4v) is 3.88. The van der Waals surface area contributed by atoms with Crippen molar-refractivity contribution in [2.45, 2.75) is 19.0 Å². The summed E-state index contributed by atoms with van der Waals surface area (Å²) in [6, 6.07) is 12.3. The minimum absolute atomic E-state index is 0.0186. The number of methoxy groups -OCH3 is 2. The molecule has 2 aromatic carbocycles. The van der Waals surface area contributed by atoms with E-state index in [9.17, 15) is 14.4 Å². The van der Waals surface area contributed by atoms with Crippen LogP contribution in [0.4, 0.5) is 5.69 Å². The second-order valence-electron chi connectivity index (χ2n) is 6.84. The number of amides is 2. The van der Waals surface area contributed by atoms with Crippen LogP contribution in [-0.2, 0) is 27.3 Å². The Morgan fingerprint density at radius 1 is 1.14 bits per heavy atom. The summed E-state index contributed by atoms with van der Waals surface area (Å²) in [5, 5.41) is 0. The van der Waals surface area contributed by atoms with Crippen molar-refractivity contribution < 1.29 is 23.9 Å². The third-order valence-electron chi connectivity index (χ3n) is 5.20. The minimum atomic E-state index is -0.599. The van der Waals surface area contributed by atoms with Crippen molar-refractivity contribution in [1.82, 2.24) is 4.90 Å². The van der Waals surface area contributed by atoms with Crippen LogP contribution in [-0.4, -0.2) is 49.5 Å². The molecule has 0 aromatic heterocycles. The van der Waals surface area contributed by atoms with Crippen molar-refractivity contribution in [3.8, 4) is 5.75 Å². The van der Waals surface area contributed by atoms with Gasteiger partial charge in [0.25, 0.3) is 0 Å². The van der Waals surface area contributed by atoms with Crippen molar-refractivity contribution in [3.05, 3.63) is 59.2 Å². The van der Waals surface area contributed by atoms with Gasteiger partial charge in [-0.05, 0) is 17.2 Å². The quantitative estimate of drug-likeness (QED) is 0.756. The summed E-state index contributed by atoms with van der Waals surface area (Å²) in [5.74, 6) is -0.448. The first-order valence-corrected chi connectivity index (χ1v) is 8.97. The zero-order valence-electron chi connectivity index (χ0n) is 15.7. The lowest BCUT2D eigenvalue weighted by molar-refractivity contribution is -0.141. The van der Waals surface area contributed by atoms with Crippen molar-refractivity contribution >= 4 is 23.5 Å². The van der Waals surface area contributed by atoms with Crippen LogP contribution in [0, 0.1) is 0 Å². The molecule has 144 valence electrons. The summed E-state index contributed by atoms with van der Waals surface area (Å²) >= 11 is 0. The van der Waals surface area contributed by atoms with Crippen molar-refractivity contribution in [2.75, 3.05) is 25.7 Å². The molecular weight excluding hydrogens is 360 g/mol. The van der Waals surface area contributed by atoms with E-state index in [4.69, 9.17) is 9.47 Å². The number of carbonyl (C=O) groups is 3. The molecule has 1 fully saturated rings. The average Bonchev–Trinajstić information content (AvgIpc) is 3.10. The summed E-state index contributed by atoms with van der Waals surface area (Å²) in [5.41, 5.74) is 2.63. The lowest BCUT2D eigenvalue weighted by Gasteiger charge is -2.36. The summed E-state index contributed by atoms with van der Waals surface area (Å²) in [4.78, 5) is 41.1. The molecule has 1 unspecified atom stereocenters. The Kier molecular flexibility index (Phi) is 4.50. The van der Waals surface area contributed by atoms with Crippen molar-refractivity contribution in [2.24, 2.45) is 0 Å². The number of nitrogens with zero attached hydrogens (tertiary/aromatic N) is 2. The number of hydrogen-bond donors (Lipinski definition) is 0. The maximum Gasteiger partial charge on any atom is 0.341 e. The number of benzene rings is 2. The van der Waals surface area contributed by atoms with Gasteiger partial charge in [0.05, 0.1) is 19.9 Å². The molecule has 0 bridgehead atoms. The molecule has 2 aromatic rings. The van der Waals surface area contributed by atoms with Crippen LogP contribution in [0.3, 0.4) is 0 Å². The first-order chi connectivity index (χ1) is 13.5. The number of fused-ring (bicyclic) bond motifs is 3. The van der Waals surface area contributed by atoms with E-state index >= 15 is 0 Å². The number of anilines is 1. The van der Waals surface area contributed by atoms with E-state index in [1.807, 2.05) is 30.3 Å². The first-order valence-electron chi connectivity index (χ1n) is 8.97. The topological polar surface area (TPSA) is 76.2 Å². The van der Waals surface area contributed by atoms with Gasteiger partial charge in [-0.15, -0.1) is 0 Å². The Hall–Kier alpha value is -3.35. The van der Waals surface area contributed by atoms with E-state index in [0.717, 1.165) is 11.1 Å². The van der Waals surface area contributed by atoms with Gasteiger partial charge in [-0.3, -0.25) is 14.5 Å². The van der Waals surface area contributed by atoms with Crippen LogP contribution in [0.1, 0.15) is 21.5 Å². The number of hydrogen-bond acceptors (Lipinski definition) is 5. The fraction of sp³-hybridized carbons (Fsp3) is 0.286. The molecule has 1 atom stereocenters. The number of ether oxygens (including phenoxy) is 2. The van der Waals surface area contributed by atoms with Crippen molar-refractivity contribution in [3.63, 3.8) is 0 Å². The smallest absolute Gasteiger partial charge is 0.341 e. The fourth-order valence-electron chi connectivity index (χ4n) is 3.88. The molecule has 2 aliphatic heterocycles. The molecular formula is C21H20N2O5. The Labute approximate surface area is 162 Å². The van der Waals surface area contributed by atoms with Gasteiger partial charge in [-0.2, -0.15) is 0 Å². The molecule has 2 heterocycles. The standard InChI is InChI=1S/C21H20N2O5/c1-27-18-10-16-14(8-15(18)21(26)28-2)9-17-20(25)22(12-19(24)23(16)17)11-13-6-4-3-5-7-13/h3-8,10,17H,9,11-12H2,1-2H3. The largest absolute Gasteiger partial charge is 0.496 e. The van der Waals surface area contributed by atoms with Gasteiger partial charge >= 0.3 is 5.97 Å². The van der Waals surface area contributed by atoms with Crippen LogP contribution in [0.25, 0.3) is 0 Å². The van der Waals surface area contributed by atoms with E-state index in [-0.39, 0.29) is 23.9 Å². The normalized spacial score (nSPS) is 18.0. The highest BCUT2D eigenvalue weighted by Gasteiger charge is 2.45. The summed E-state index contributed by atoms with van der Waals surface area (Å²) in [6.45, 7) is 0.410. The molecule has 28 heavy (non-hydrogen) atoms. The lowest BCUT2D eigenvalue weighted by Crippen LogP contribution is -2.58. The van der Waals surface area contributed by atoms with Crippen LogP contribution < -0.4 is 9.64 Å². The van der Waals surface area contributed by atoms with Crippen LogP contribution in [0.5, 0.6) is 5.75 Å². The molecule has 4 rings (SSSR count). The molecule has 7 nitrogen and oxygen atoms in total. The van der Waals surface area contributed by atoms with Gasteiger partial charge in [-0.25, -0.2) is 4.79 Å². The Balaban J connectivity index is 1.65. The number of esters is 1. The first kappa shape index (κ1) is 18.0. The second-order valence-corrected chi connectivity index (χ2v) is 6.84. The molecule has 7 heteroatoms. The predicted molar refractivity (Wildman–Crippen MR) is 101 cm³/mol. The molecule has 0 N–H and O–H groups in total. The van der Waals surface area contributed by atoms with Crippen LogP contribution >= 0.6 is 0 Å². The second kappa shape index (κ2) is 6.99. The highest BCUT2D eigenvalue weighted by atomic mass is 16.5. The molecule has 2 aliphatic rings. The van der Waals surface area contributed by atoms with Crippen molar-refractivity contribution in [1.29, 1.82) is 0 Å². The van der Waals surface area contributed by atoms with Gasteiger partial charge in [0.2, 0.25) is 11.8 Å². The van der Waals surface area contributed by atoms with E-state index in [2.05, 4.69) is 0 Å². The third kappa shape index (κ3) is 2.89. The van der Waals surface area contributed by atoms with Gasteiger partial charge in [0.15, 0.2) is 0 Å². The SMILES string of the molecule is COC(=O)c1cc2c(cc1OC)N1C(=O)CN(Cc3ccccc3)C(=O)C1C2. The number of carbonyl (C=O) groups excluding carboxylic acids is 3. The Bertz CT molecular complexity index is 957. The maximum atomic E-state index is 13.1. The van der Waals surface area contributed by atoms with E-state index in [0.29, 0.717) is 24.4 Å². The third-order valence-corrected chi connectivity index (χ3v) is 5.20. The zero-order chi connectivity index (χ0) is 19.8. The lowest BCUT2D eigenvalue weighted by atomic mass is 10.0. The number of piperazine rings is 1. The van der Waals surface area contributed by atoms with Gasteiger partial charge < -0.3 is 14.4 Å². The van der Waals surface area contributed by atoms with Gasteiger partial charge in [0.1, 0.15) is 23.9 Å². The van der Waals surface area contributed by atoms with E-state index < -0.39 is 12.0 Å². The Morgan fingerprint density at radius 2 is 1.89 bits per heavy atom. The molecule has 2 amide bonds. The highest BCUT2D eigenvalue weighted by molar-refractivity contribution is 6.09. The maximum absolute atomic E-state index is 13.1. The molecule has 0 spiro atoms. The number of rotatable bonds is 4. The minimum Gasteiger partial charge on any atom is -0.496 e. The molecule has 0 saturated carbocycles.